The van der Waals surface area contributed by atoms with Crippen molar-refractivity contribution in [1.29, 1.82) is 0 Å². The molecule has 1 fully saturated rings. The van der Waals surface area contributed by atoms with E-state index in [1.807, 2.05) is 12.1 Å². The smallest absolute Gasteiger partial charge is 0.0928 e. The van der Waals surface area contributed by atoms with E-state index in [1.54, 1.807) is 0 Å². The molecule has 2 heteroatoms. The van der Waals surface area contributed by atoms with E-state index in [0.717, 1.165) is 17.3 Å². The largest absolute Gasteiger partial charge is 0.251 e. The van der Waals surface area contributed by atoms with Crippen molar-refractivity contribution in [1.82, 2.24) is 0 Å². The van der Waals surface area contributed by atoms with Crippen molar-refractivity contribution in [2.75, 3.05) is 6.67 Å². The predicted octanol–water partition coefficient (Wildman–Crippen LogP) is 3.91. The molecule has 0 heterocycles. The van der Waals surface area contributed by atoms with Crippen LogP contribution in [-0.2, 0) is 0 Å². The quantitative estimate of drug-likeness (QED) is 0.738. The molecule has 2 atom stereocenters. The summed E-state index contributed by atoms with van der Waals surface area (Å²) in [5, 5.41) is 0. The highest BCUT2D eigenvalue weighted by Crippen LogP contribution is 2.43. The molecular formula is C11H12BrF. The molecule has 0 aliphatic heterocycles. The Morgan fingerprint density at radius 3 is 2.77 bits per heavy atom. The maximum absolute atomic E-state index is 12.5. The molecule has 0 radical (unpaired) electrons. The highest BCUT2D eigenvalue weighted by molar-refractivity contribution is 9.10. The van der Waals surface area contributed by atoms with Gasteiger partial charge in [0.15, 0.2) is 0 Å². The summed E-state index contributed by atoms with van der Waals surface area (Å²) >= 11 is 3.43. The highest BCUT2D eigenvalue weighted by atomic mass is 79.9. The molecule has 2 rings (SSSR count). The fourth-order valence-corrected chi connectivity index (χ4v) is 2.35. The topological polar surface area (TPSA) is 0 Å². The third-order valence-electron chi connectivity index (χ3n) is 2.89. The van der Waals surface area contributed by atoms with Gasteiger partial charge in [0.1, 0.15) is 0 Å². The average molecular weight is 243 g/mol. The molecule has 0 spiro atoms. The van der Waals surface area contributed by atoms with Gasteiger partial charge in [0.2, 0.25) is 0 Å². The summed E-state index contributed by atoms with van der Waals surface area (Å²) in [4.78, 5) is 0. The maximum Gasteiger partial charge on any atom is 0.0928 e. The summed E-state index contributed by atoms with van der Waals surface area (Å²) in [6, 6.07) is 8.23. The Kier molecular flexibility index (Phi) is 2.68. The van der Waals surface area contributed by atoms with Gasteiger partial charge in [0.05, 0.1) is 6.67 Å². The lowest BCUT2D eigenvalue weighted by Gasteiger charge is -2.35. The first-order chi connectivity index (χ1) is 6.31. The van der Waals surface area contributed by atoms with Crippen molar-refractivity contribution >= 4 is 15.9 Å². The summed E-state index contributed by atoms with van der Waals surface area (Å²) in [5.41, 5.74) is 1.28. The van der Waals surface area contributed by atoms with E-state index in [0.29, 0.717) is 5.92 Å². The molecule has 0 amide bonds. The maximum atomic E-state index is 12.5. The van der Waals surface area contributed by atoms with Gasteiger partial charge in [-0.3, -0.25) is 4.39 Å². The minimum Gasteiger partial charge on any atom is -0.251 e. The Balaban J connectivity index is 2.16. The van der Waals surface area contributed by atoms with E-state index >= 15 is 0 Å². The second kappa shape index (κ2) is 3.79. The first-order valence-electron chi connectivity index (χ1n) is 4.62. The third-order valence-corrected chi connectivity index (χ3v) is 3.39. The summed E-state index contributed by atoms with van der Waals surface area (Å²) in [6.45, 7) is -0.169. The zero-order valence-corrected chi connectivity index (χ0v) is 8.93. The Bertz CT molecular complexity index is 296. The lowest BCUT2D eigenvalue weighted by Crippen LogP contribution is -2.25. The Morgan fingerprint density at radius 2 is 2.23 bits per heavy atom. The zero-order chi connectivity index (χ0) is 9.26. The van der Waals surface area contributed by atoms with E-state index in [2.05, 4.69) is 28.1 Å². The summed E-state index contributed by atoms with van der Waals surface area (Å²) in [5.74, 6) is 0.733. The standard InChI is InChI=1S/C11H12BrF/c12-10-3-1-2-8(6-10)11-5-4-9(11)7-13/h1-3,6,9,11H,4-5,7H2. The van der Waals surface area contributed by atoms with Gasteiger partial charge >= 0.3 is 0 Å². The first kappa shape index (κ1) is 9.20. The Morgan fingerprint density at radius 1 is 1.38 bits per heavy atom. The van der Waals surface area contributed by atoms with E-state index in [-0.39, 0.29) is 12.6 Å². The van der Waals surface area contributed by atoms with Crippen molar-refractivity contribution in [2.24, 2.45) is 5.92 Å². The monoisotopic (exact) mass is 242 g/mol. The Hall–Kier alpha value is -0.370. The van der Waals surface area contributed by atoms with Gasteiger partial charge in [-0.1, -0.05) is 28.1 Å². The van der Waals surface area contributed by atoms with Gasteiger partial charge in [-0.15, -0.1) is 0 Å². The van der Waals surface area contributed by atoms with Crippen LogP contribution in [0.4, 0.5) is 4.39 Å². The molecule has 2 unspecified atom stereocenters. The number of hydrogen-bond acceptors (Lipinski definition) is 0. The fourth-order valence-electron chi connectivity index (χ4n) is 1.93. The van der Waals surface area contributed by atoms with Crippen LogP contribution in [0.15, 0.2) is 28.7 Å². The van der Waals surface area contributed by atoms with E-state index in [1.165, 1.54) is 5.56 Å². The molecule has 1 saturated carbocycles. The third kappa shape index (κ3) is 1.78. The molecule has 1 aromatic rings. The number of rotatable bonds is 2. The molecule has 0 bridgehead atoms. The number of benzene rings is 1. The van der Waals surface area contributed by atoms with Gasteiger partial charge in [0.25, 0.3) is 0 Å². The molecule has 0 N–H and O–H groups in total. The number of halogens is 2. The molecule has 1 aromatic carbocycles. The van der Waals surface area contributed by atoms with Gasteiger partial charge in [-0.2, -0.15) is 0 Å². The van der Waals surface area contributed by atoms with Crippen LogP contribution in [0, 0.1) is 5.92 Å². The molecule has 13 heavy (non-hydrogen) atoms. The van der Waals surface area contributed by atoms with Gasteiger partial charge in [-0.05, 0) is 42.4 Å². The van der Waals surface area contributed by atoms with Crippen LogP contribution in [-0.4, -0.2) is 6.67 Å². The van der Waals surface area contributed by atoms with Crippen molar-refractivity contribution in [3.63, 3.8) is 0 Å². The predicted molar refractivity (Wildman–Crippen MR) is 55.6 cm³/mol. The minimum absolute atomic E-state index is 0.169. The highest BCUT2D eigenvalue weighted by Gasteiger charge is 2.31. The molecule has 0 aromatic heterocycles. The van der Waals surface area contributed by atoms with Crippen LogP contribution < -0.4 is 0 Å². The lowest BCUT2D eigenvalue weighted by atomic mass is 9.71. The van der Waals surface area contributed by atoms with Crippen LogP contribution in [0.3, 0.4) is 0 Å². The zero-order valence-electron chi connectivity index (χ0n) is 7.34. The number of hydrogen-bond donors (Lipinski definition) is 0. The van der Waals surface area contributed by atoms with Crippen LogP contribution in [0.2, 0.25) is 0 Å². The van der Waals surface area contributed by atoms with E-state index in [9.17, 15) is 4.39 Å². The van der Waals surface area contributed by atoms with Crippen LogP contribution in [0.5, 0.6) is 0 Å². The van der Waals surface area contributed by atoms with Crippen molar-refractivity contribution < 1.29 is 4.39 Å². The molecule has 0 nitrogen and oxygen atoms in total. The number of alkyl halides is 1. The second-order valence-corrected chi connectivity index (χ2v) is 4.57. The van der Waals surface area contributed by atoms with Crippen molar-refractivity contribution in [3.8, 4) is 0 Å². The average Bonchev–Trinajstić information content (AvgIpc) is 2.03. The van der Waals surface area contributed by atoms with Gasteiger partial charge in [0, 0.05) is 4.47 Å². The van der Waals surface area contributed by atoms with Crippen molar-refractivity contribution in [2.45, 2.75) is 18.8 Å². The SMILES string of the molecule is FCC1CCC1c1cccc(Br)c1. The van der Waals surface area contributed by atoms with Crippen molar-refractivity contribution in [3.05, 3.63) is 34.3 Å². The van der Waals surface area contributed by atoms with Gasteiger partial charge < -0.3 is 0 Å². The normalized spacial score (nSPS) is 26.9. The first-order valence-corrected chi connectivity index (χ1v) is 5.42. The van der Waals surface area contributed by atoms with Gasteiger partial charge in [-0.25, -0.2) is 0 Å². The summed E-state index contributed by atoms with van der Waals surface area (Å²) in [7, 11) is 0. The molecule has 0 saturated heterocycles. The molecule has 1 aliphatic carbocycles. The van der Waals surface area contributed by atoms with E-state index < -0.39 is 0 Å². The van der Waals surface area contributed by atoms with E-state index in [4.69, 9.17) is 0 Å². The van der Waals surface area contributed by atoms with Crippen LogP contribution in [0.25, 0.3) is 0 Å². The Labute approximate surface area is 86.3 Å². The second-order valence-electron chi connectivity index (χ2n) is 3.65. The summed E-state index contributed by atoms with van der Waals surface area (Å²) < 4.78 is 13.6. The van der Waals surface area contributed by atoms with Crippen LogP contribution in [0.1, 0.15) is 24.3 Å². The lowest BCUT2D eigenvalue weighted by molar-refractivity contribution is 0.200. The molecular weight excluding hydrogens is 231 g/mol. The summed E-state index contributed by atoms with van der Waals surface area (Å²) in [6.07, 6.45) is 2.19. The molecule has 70 valence electrons. The molecule has 1 aliphatic rings. The minimum atomic E-state index is -0.169. The fraction of sp³-hybridized carbons (Fsp3) is 0.455. The van der Waals surface area contributed by atoms with Crippen LogP contribution >= 0.6 is 15.9 Å².